The lowest BCUT2D eigenvalue weighted by Crippen LogP contribution is -2.10. The van der Waals surface area contributed by atoms with Gasteiger partial charge in [-0.25, -0.2) is 9.97 Å². The standard InChI is InChI=1S/C14H22BrN3/c1-4-7-16-14-12(15)11(8-9(2)3)17-13(18-14)10-5-6-10/h9-10H,4-8H2,1-3H3,(H,16,17,18). The molecular formula is C14H22BrN3. The molecule has 1 aromatic heterocycles. The van der Waals surface area contributed by atoms with E-state index < -0.39 is 0 Å². The Balaban J connectivity index is 2.28. The number of hydrogen-bond acceptors (Lipinski definition) is 3. The van der Waals surface area contributed by atoms with E-state index in [1.54, 1.807) is 0 Å². The van der Waals surface area contributed by atoms with Crippen LogP contribution in [-0.4, -0.2) is 16.5 Å². The molecule has 0 radical (unpaired) electrons. The minimum absolute atomic E-state index is 0.603. The van der Waals surface area contributed by atoms with Crippen LogP contribution >= 0.6 is 15.9 Å². The third-order valence-electron chi connectivity index (χ3n) is 3.02. The van der Waals surface area contributed by atoms with Crippen molar-refractivity contribution in [3.05, 3.63) is 16.0 Å². The average molecular weight is 312 g/mol. The van der Waals surface area contributed by atoms with E-state index in [2.05, 4.69) is 47.0 Å². The summed E-state index contributed by atoms with van der Waals surface area (Å²) in [6.45, 7) is 7.58. The highest BCUT2D eigenvalue weighted by Crippen LogP contribution is 2.40. The molecule has 100 valence electrons. The van der Waals surface area contributed by atoms with Crippen LogP contribution < -0.4 is 5.32 Å². The third-order valence-corrected chi connectivity index (χ3v) is 3.86. The van der Waals surface area contributed by atoms with Gasteiger partial charge in [0, 0.05) is 12.5 Å². The Kier molecular flexibility index (Phi) is 4.60. The fourth-order valence-corrected chi connectivity index (χ4v) is 2.40. The minimum Gasteiger partial charge on any atom is -0.369 e. The van der Waals surface area contributed by atoms with Crippen LogP contribution in [-0.2, 0) is 6.42 Å². The Morgan fingerprint density at radius 3 is 2.61 bits per heavy atom. The van der Waals surface area contributed by atoms with Crippen molar-refractivity contribution in [2.45, 2.75) is 52.4 Å². The molecule has 0 unspecified atom stereocenters. The number of nitrogens with one attached hydrogen (secondary N) is 1. The van der Waals surface area contributed by atoms with E-state index in [0.717, 1.165) is 41.2 Å². The first-order chi connectivity index (χ1) is 8.61. The highest BCUT2D eigenvalue weighted by Gasteiger charge is 2.28. The molecule has 18 heavy (non-hydrogen) atoms. The van der Waals surface area contributed by atoms with Gasteiger partial charge in [0.25, 0.3) is 0 Å². The molecule has 2 rings (SSSR count). The van der Waals surface area contributed by atoms with E-state index in [9.17, 15) is 0 Å². The number of hydrogen-bond donors (Lipinski definition) is 1. The van der Waals surface area contributed by atoms with Gasteiger partial charge in [0.15, 0.2) is 0 Å². The van der Waals surface area contributed by atoms with Crippen LogP contribution in [0, 0.1) is 5.92 Å². The maximum Gasteiger partial charge on any atom is 0.144 e. The Morgan fingerprint density at radius 1 is 1.33 bits per heavy atom. The van der Waals surface area contributed by atoms with Crippen LogP contribution in [0.5, 0.6) is 0 Å². The number of rotatable bonds is 6. The quantitative estimate of drug-likeness (QED) is 0.858. The molecular weight excluding hydrogens is 290 g/mol. The first kappa shape index (κ1) is 13.8. The molecule has 1 saturated carbocycles. The van der Waals surface area contributed by atoms with Gasteiger partial charge in [-0.1, -0.05) is 20.8 Å². The molecule has 1 fully saturated rings. The molecule has 3 nitrogen and oxygen atoms in total. The van der Waals surface area contributed by atoms with Crippen LogP contribution in [0.3, 0.4) is 0 Å². The van der Waals surface area contributed by atoms with Crippen molar-refractivity contribution in [3.63, 3.8) is 0 Å². The first-order valence-corrected chi connectivity index (χ1v) is 7.71. The zero-order valence-corrected chi connectivity index (χ0v) is 13.0. The molecule has 1 aliphatic carbocycles. The molecule has 1 aliphatic rings. The van der Waals surface area contributed by atoms with Crippen LogP contribution in [0.1, 0.15) is 57.5 Å². The van der Waals surface area contributed by atoms with Crippen molar-refractivity contribution in [1.29, 1.82) is 0 Å². The second-order valence-corrected chi connectivity index (χ2v) is 6.28. The number of aromatic nitrogens is 2. The highest BCUT2D eigenvalue weighted by molar-refractivity contribution is 9.10. The third kappa shape index (κ3) is 3.44. The molecule has 1 heterocycles. The van der Waals surface area contributed by atoms with E-state index in [1.165, 1.54) is 12.8 Å². The van der Waals surface area contributed by atoms with E-state index >= 15 is 0 Å². The molecule has 0 bridgehead atoms. The summed E-state index contributed by atoms with van der Waals surface area (Å²) >= 11 is 3.66. The average Bonchev–Trinajstić information content (AvgIpc) is 3.13. The summed E-state index contributed by atoms with van der Waals surface area (Å²) in [7, 11) is 0. The van der Waals surface area contributed by atoms with Gasteiger partial charge in [-0.3, -0.25) is 0 Å². The van der Waals surface area contributed by atoms with E-state index in [-0.39, 0.29) is 0 Å². The van der Waals surface area contributed by atoms with E-state index in [0.29, 0.717) is 11.8 Å². The lowest BCUT2D eigenvalue weighted by atomic mass is 10.1. The predicted octanol–water partition coefficient (Wildman–Crippen LogP) is 4.14. The molecule has 0 amide bonds. The molecule has 0 saturated heterocycles. The second kappa shape index (κ2) is 6.00. The SMILES string of the molecule is CCCNc1nc(C2CC2)nc(CC(C)C)c1Br. The largest absolute Gasteiger partial charge is 0.369 e. The van der Waals surface area contributed by atoms with Crippen molar-refractivity contribution in [2.24, 2.45) is 5.92 Å². The lowest BCUT2D eigenvalue weighted by molar-refractivity contribution is 0.628. The zero-order valence-electron chi connectivity index (χ0n) is 11.5. The molecule has 0 spiro atoms. The van der Waals surface area contributed by atoms with Crippen molar-refractivity contribution in [3.8, 4) is 0 Å². The Labute approximate surface area is 118 Å². The maximum atomic E-state index is 4.75. The molecule has 1 aromatic rings. The van der Waals surface area contributed by atoms with Gasteiger partial charge in [0.1, 0.15) is 11.6 Å². The highest BCUT2D eigenvalue weighted by atomic mass is 79.9. The van der Waals surface area contributed by atoms with Gasteiger partial charge < -0.3 is 5.32 Å². The Hall–Kier alpha value is -0.640. The van der Waals surface area contributed by atoms with Gasteiger partial charge in [-0.15, -0.1) is 0 Å². The fraction of sp³-hybridized carbons (Fsp3) is 0.714. The summed E-state index contributed by atoms with van der Waals surface area (Å²) in [5, 5.41) is 3.40. The Morgan fingerprint density at radius 2 is 2.06 bits per heavy atom. The minimum atomic E-state index is 0.603. The molecule has 4 heteroatoms. The molecule has 1 N–H and O–H groups in total. The van der Waals surface area contributed by atoms with Gasteiger partial charge in [0.2, 0.25) is 0 Å². The molecule has 0 atom stereocenters. The number of nitrogens with zero attached hydrogens (tertiary/aromatic N) is 2. The summed E-state index contributed by atoms with van der Waals surface area (Å²) in [5.74, 6) is 3.23. The number of anilines is 1. The van der Waals surface area contributed by atoms with Crippen LogP contribution in [0.25, 0.3) is 0 Å². The summed E-state index contributed by atoms with van der Waals surface area (Å²) in [6.07, 6.45) is 4.60. The van der Waals surface area contributed by atoms with Gasteiger partial charge in [-0.05, 0) is 47.5 Å². The van der Waals surface area contributed by atoms with Crippen LogP contribution in [0.15, 0.2) is 4.47 Å². The van der Waals surface area contributed by atoms with Crippen molar-refractivity contribution in [2.75, 3.05) is 11.9 Å². The Bertz CT molecular complexity index is 414. The summed E-state index contributed by atoms with van der Waals surface area (Å²) in [5.41, 5.74) is 1.15. The van der Waals surface area contributed by atoms with Crippen molar-refractivity contribution < 1.29 is 0 Å². The topological polar surface area (TPSA) is 37.8 Å². The van der Waals surface area contributed by atoms with Crippen LogP contribution in [0.4, 0.5) is 5.82 Å². The van der Waals surface area contributed by atoms with Gasteiger partial charge in [-0.2, -0.15) is 0 Å². The normalized spacial score (nSPS) is 15.2. The smallest absolute Gasteiger partial charge is 0.144 e. The van der Waals surface area contributed by atoms with Crippen molar-refractivity contribution >= 4 is 21.7 Å². The number of halogens is 1. The first-order valence-electron chi connectivity index (χ1n) is 6.92. The second-order valence-electron chi connectivity index (χ2n) is 5.49. The molecule has 0 aliphatic heterocycles. The monoisotopic (exact) mass is 311 g/mol. The predicted molar refractivity (Wildman–Crippen MR) is 79.0 cm³/mol. The van der Waals surface area contributed by atoms with E-state index in [1.807, 2.05) is 0 Å². The fourth-order valence-electron chi connectivity index (χ4n) is 1.92. The van der Waals surface area contributed by atoms with Gasteiger partial charge >= 0.3 is 0 Å². The van der Waals surface area contributed by atoms with Crippen molar-refractivity contribution in [1.82, 2.24) is 9.97 Å². The van der Waals surface area contributed by atoms with Crippen LogP contribution in [0.2, 0.25) is 0 Å². The lowest BCUT2D eigenvalue weighted by Gasteiger charge is -2.13. The maximum absolute atomic E-state index is 4.75. The van der Waals surface area contributed by atoms with Gasteiger partial charge in [0.05, 0.1) is 10.2 Å². The molecule has 0 aromatic carbocycles. The van der Waals surface area contributed by atoms with E-state index in [4.69, 9.17) is 4.98 Å². The summed E-state index contributed by atoms with van der Waals surface area (Å²) in [6, 6.07) is 0. The zero-order chi connectivity index (χ0) is 13.1. The summed E-state index contributed by atoms with van der Waals surface area (Å²) in [4.78, 5) is 9.42. The summed E-state index contributed by atoms with van der Waals surface area (Å²) < 4.78 is 1.05.